The van der Waals surface area contributed by atoms with E-state index in [2.05, 4.69) is 15.4 Å². The number of hydrogen-bond donors (Lipinski definition) is 1. The Kier molecular flexibility index (Phi) is 4.56. The molecule has 0 atom stereocenters. The second-order valence-corrected chi connectivity index (χ2v) is 5.37. The van der Waals surface area contributed by atoms with Crippen molar-refractivity contribution in [2.24, 2.45) is 7.05 Å². The van der Waals surface area contributed by atoms with E-state index < -0.39 is 0 Å². The van der Waals surface area contributed by atoms with Crippen molar-refractivity contribution in [3.8, 4) is 16.9 Å². The molecule has 0 aliphatic rings. The molecule has 3 rings (SSSR count). The van der Waals surface area contributed by atoms with Gasteiger partial charge in [-0.15, -0.1) is 0 Å². The van der Waals surface area contributed by atoms with E-state index in [1.54, 1.807) is 42.5 Å². The number of ether oxygens (including phenoxy) is 1. The monoisotopic (exact) mass is 322 g/mol. The van der Waals surface area contributed by atoms with Gasteiger partial charge in [-0.25, -0.2) is 0 Å². The molecule has 122 valence electrons. The third kappa shape index (κ3) is 3.43. The smallest absolute Gasteiger partial charge is 0.255 e. The molecular formula is C18H18N4O2. The maximum Gasteiger partial charge on any atom is 0.255 e. The molecule has 1 N–H and O–H groups in total. The Morgan fingerprint density at radius 3 is 2.79 bits per heavy atom. The molecule has 1 aromatic carbocycles. The molecule has 0 fully saturated rings. The number of aromatic nitrogens is 3. The number of hydrogen-bond acceptors (Lipinski definition) is 4. The van der Waals surface area contributed by atoms with Crippen LogP contribution in [0.5, 0.6) is 5.75 Å². The molecule has 3 aromatic rings. The van der Waals surface area contributed by atoms with Crippen molar-refractivity contribution in [1.82, 2.24) is 20.1 Å². The summed E-state index contributed by atoms with van der Waals surface area (Å²) in [4.78, 5) is 16.6. The van der Waals surface area contributed by atoms with Crippen LogP contribution in [-0.4, -0.2) is 27.8 Å². The van der Waals surface area contributed by atoms with E-state index in [0.717, 1.165) is 16.7 Å². The quantitative estimate of drug-likeness (QED) is 0.783. The van der Waals surface area contributed by atoms with Crippen LogP contribution in [0.4, 0.5) is 0 Å². The molecule has 0 radical (unpaired) electrons. The Hall–Kier alpha value is -3.15. The molecule has 6 heteroatoms. The second kappa shape index (κ2) is 6.95. The highest BCUT2D eigenvalue weighted by molar-refractivity contribution is 5.96. The maximum absolute atomic E-state index is 12.3. The van der Waals surface area contributed by atoms with Gasteiger partial charge in [-0.3, -0.25) is 14.5 Å². The highest BCUT2D eigenvalue weighted by Crippen LogP contribution is 2.19. The van der Waals surface area contributed by atoms with Gasteiger partial charge in [0.15, 0.2) is 0 Å². The minimum atomic E-state index is -0.181. The molecule has 2 aromatic heterocycles. The number of pyridine rings is 1. The molecule has 1 amide bonds. The number of nitrogens with zero attached hydrogens (tertiary/aromatic N) is 3. The van der Waals surface area contributed by atoms with Gasteiger partial charge in [0.1, 0.15) is 5.75 Å². The van der Waals surface area contributed by atoms with Crippen LogP contribution in [0.2, 0.25) is 0 Å². The second-order valence-electron chi connectivity index (χ2n) is 5.37. The van der Waals surface area contributed by atoms with Gasteiger partial charge in [-0.05, 0) is 23.8 Å². The molecular weight excluding hydrogens is 304 g/mol. The molecule has 6 nitrogen and oxygen atoms in total. The fourth-order valence-electron chi connectivity index (χ4n) is 2.42. The molecule has 2 heterocycles. The van der Waals surface area contributed by atoms with Crippen LogP contribution >= 0.6 is 0 Å². The predicted octanol–water partition coefficient (Wildman–Crippen LogP) is 2.42. The van der Waals surface area contributed by atoms with E-state index in [1.807, 2.05) is 31.4 Å². The molecule has 0 saturated carbocycles. The number of rotatable bonds is 5. The normalized spacial score (nSPS) is 10.4. The van der Waals surface area contributed by atoms with Crippen LogP contribution in [0.25, 0.3) is 11.1 Å². The fourth-order valence-corrected chi connectivity index (χ4v) is 2.42. The van der Waals surface area contributed by atoms with Crippen LogP contribution in [0, 0.1) is 0 Å². The van der Waals surface area contributed by atoms with Crippen LogP contribution in [0.1, 0.15) is 15.9 Å². The number of para-hydroxylation sites is 1. The van der Waals surface area contributed by atoms with Crippen molar-refractivity contribution in [3.05, 3.63) is 66.2 Å². The van der Waals surface area contributed by atoms with Crippen LogP contribution < -0.4 is 10.1 Å². The highest BCUT2D eigenvalue weighted by Gasteiger charge is 2.11. The summed E-state index contributed by atoms with van der Waals surface area (Å²) in [6.45, 7) is 0.387. The Morgan fingerprint density at radius 2 is 2.04 bits per heavy atom. The van der Waals surface area contributed by atoms with Crippen molar-refractivity contribution in [3.63, 3.8) is 0 Å². The number of amides is 1. The van der Waals surface area contributed by atoms with E-state index in [9.17, 15) is 4.79 Å². The molecule has 24 heavy (non-hydrogen) atoms. The minimum absolute atomic E-state index is 0.181. The van der Waals surface area contributed by atoms with Gasteiger partial charge < -0.3 is 10.1 Å². The number of nitrogens with one attached hydrogen (secondary N) is 1. The first kappa shape index (κ1) is 15.7. The zero-order valence-electron chi connectivity index (χ0n) is 13.6. The first-order valence-corrected chi connectivity index (χ1v) is 7.51. The lowest BCUT2D eigenvalue weighted by Gasteiger charge is -2.09. The molecule has 0 aliphatic heterocycles. The van der Waals surface area contributed by atoms with Gasteiger partial charge in [0.25, 0.3) is 5.91 Å². The lowest BCUT2D eigenvalue weighted by atomic mass is 10.1. The average molecular weight is 322 g/mol. The maximum atomic E-state index is 12.3. The van der Waals surface area contributed by atoms with Gasteiger partial charge in [0.2, 0.25) is 0 Å². The van der Waals surface area contributed by atoms with Gasteiger partial charge in [-0.1, -0.05) is 12.1 Å². The van der Waals surface area contributed by atoms with Gasteiger partial charge in [0, 0.05) is 43.3 Å². The standard InChI is InChI=1S/C18H18N4O2/c1-22-12-15(11-21-22)14-7-13(8-19-10-14)9-20-18(23)16-5-3-4-6-17(16)24-2/h3-8,10-12H,9H2,1-2H3,(H,20,23). The van der Waals surface area contributed by atoms with E-state index in [0.29, 0.717) is 17.9 Å². The lowest BCUT2D eigenvalue weighted by molar-refractivity contribution is 0.0948. The predicted molar refractivity (Wildman–Crippen MR) is 90.6 cm³/mol. The highest BCUT2D eigenvalue weighted by atomic mass is 16.5. The molecule has 0 spiro atoms. The molecule has 0 unspecified atom stereocenters. The van der Waals surface area contributed by atoms with Crippen molar-refractivity contribution < 1.29 is 9.53 Å². The first-order chi connectivity index (χ1) is 11.7. The van der Waals surface area contributed by atoms with Crippen molar-refractivity contribution >= 4 is 5.91 Å². The van der Waals surface area contributed by atoms with Gasteiger partial charge >= 0.3 is 0 Å². The van der Waals surface area contributed by atoms with Crippen LogP contribution in [0.15, 0.2) is 55.1 Å². The third-order valence-electron chi connectivity index (χ3n) is 3.64. The SMILES string of the molecule is COc1ccccc1C(=O)NCc1cncc(-c2cnn(C)c2)c1. The van der Waals surface area contributed by atoms with Crippen molar-refractivity contribution in [2.75, 3.05) is 7.11 Å². The molecule has 0 aliphatic carbocycles. The number of benzene rings is 1. The summed E-state index contributed by atoms with van der Waals surface area (Å²) in [6, 6.07) is 9.13. The Bertz CT molecular complexity index is 857. The summed E-state index contributed by atoms with van der Waals surface area (Å²) in [5.41, 5.74) is 3.38. The summed E-state index contributed by atoms with van der Waals surface area (Å²) < 4.78 is 6.96. The third-order valence-corrected chi connectivity index (χ3v) is 3.64. The van der Waals surface area contributed by atoms with Crippen molar-refractivity contribution in [2.45, 2.75) is 6.54 Å². The topological polar surface area (TPSA) is 69.0 Å². The summed E-state index contributed by atoms with van der Waals surface area (Å²) >= 11 is 0. The average Bonchev–Trinajstić information content (AvgIpc) is 3.06. The van der Waals surface area contributed by atoms with E-state index in [-0.39, 0.29) is 5.91 Å². The van der Waals surface area contributed by atoms with E-state index in [1.165, 1.54) is 0 Å². The summed E-state index contributed by atoms with van der Waals surface area (Å²) in [5.74, 6) is 0.372. The lowest BCUT2D eigenvalue weighted by Crippen LogP contribution is -2.23. The van der Waals surface area contributed by atoms with E-state index in [4.69, 9.17) is 4.74 Å². The fraction of sp³-hybridized carbons (Fsp3) is 0.167. The minimum Gasteiger partial charge on any atom is -0.496 e. The number of carbonyl (C=O) groups excluding carboxylic acids is 1. The summed E-state index contributed by atoms with van der Waals surface area (Å²) in [7, 11) is 3.42. The zero-order chi connectivity index (χ0) is 16.9. The zero-order valence-corrected chi connectivity index (χ0v) is 13.6. The Morgan fingerprint density at radius 1 is 1.21 bits per heavy atom. The van der Waals surface area contributed by atoms with E-state index >= 15 is 0 Å². The molecule has 0 saturated heterocycles. The largest absolute Gasteiger partial charge is 0.496 e. The van der Waals surface area contributed by atoms with Gasteiger partial charge in [0.05, 0.1) is 18.9 Å². The Balaban J connectivity index is 1.72. The molecule has 0 bridgehead atoms. The number of aryl methyl sites for hydroxylation is 1. The number of methoxy groups -OCH3 is 1. The Labute approximate surface area is 140 Å². The number of carbonyl (C=O) groups is 1. The summed E-state index contributed by atoms with van der Waals surface area (Å²) in [5, 5.41) is 7.05. The first-order valence-electron chi connectivity index (χ1n) is 7.51. The van der Waals surface area contributed by atoms with Gasteiger partial charge in [-0.2, -0.15) is 5.10 Å². The van der Waals surface area contributed by atoms with Crippen LogP contribution in [0.3, 0.4) is 0 Å². The summed E-state index contributed by atoms with van der Waals surface area (Å²) in [6.07, 6.45) is 7.23. The van der Waals surface area contributed by atoms with Crippen LogP contribution in [-0.2, 0) is 13.6 Å². The van der Waals surface area contributed by atoms with Crippen molar-refractivity contribution in [1.29, 1.82) is 0 Å².